The van der Waals surface area contributed by atoms with E-state index >= 15 is 0 Å². The lowest BCUT2D eigenvalue weighted by Gasteiger charge is -2.18. The van der Waals surface area contributed by atoms with Crippen LogP contribution in [-0.2, 0) is 13.0 Å². The highest BCUT2D eigenvalue weighted by Gasteiger charge is 2.23. The van der Waals surface area contributed by atoms with Crippen molar-refractivity contribution in [1.29, 1.82) is 0 Å². The first-order valence-electron chi connectivity index (χ1n) is 11.0. The second-order valence-electron chi connectivity index (χ2n) is 8.17. The summed E-state index contributed by atoms with van der Waals surface area (Å²) in [6, 6.07) is 25.7. The third kappa shape index (κ3) is 3.98. The van der Waals surface area contributed by atoms with Gasteiger partial charge in [0.2, 0.25) is 0 Å². The zero-order valence-corrected chi connectivity index (χ0v) is 19.3. The van der Waals surface area contributed by atoms with Gasteiger partial charge in [0.25, 0.3) is 5.56 Å². The number of halogens is 1. The number of rotatable bonds is 5. The van der Waals surface area contributed by atoms with Crippen LogP contribution in [0.25, 0.3) is 33.4 Å². The van der Waals surface area contributed by atoms with Crippen molar-refractivity contribution < 1.29 is 4.52 Å². The lowest BCUT2D eigenvalue weighted by atomic mass is 9.93. The van der Waals surface area contributed by atoms with Gasteiger partial charge in [-0.3, -0.25) is 4.79 Å². The van der Waals surface area contributed by atoms with Crippen molar-refractivity contribution in [2.75, 3.05) is 0 Å². The van der Waals surface area contributed by atoms with Crippen LogP contribution in [0.5, 0.6) is 0 Å². The van der Waals surface area contributed by atoms with Crippen LogP contribution < -0.4 is 5.56 Å². The van der Waals surface area contributed by atoms with Crippen LogP contribution in [0.15, 0.2) is 88.2 Å². The quantitative estimate of drug-likeness (QED) is 0.290. The Kier molecular flexibility index (Phi) is 5.61. The summed E-state index contributed by atoms with van der Waals surface area (Å²) >= 11 is 6.46. The molecule has 0 aliphatic heterocycles. The number of fused-ring (bicyclic) bond motifs is 1. The van der Waals surface area contributed by atoms with Crippen molar-refractivity contribution in [2.24, 2.45) is 0 Å². The molecule has 164 valence electrons. The molecule has 2 heterocycles. The molecule has 2 aromatic heterocycles. The molecule has 0 atom stereocenters. The molecule has 0 spiro atoms. The predicted octanol–water partition coefficient (Wildman–Crippen LogP) is 6.90. The lowest BCUT2D eigenvalue weighted by Crippen LogP contribution is -2.24. The molecule has 0 saturated heterocycles. The Hall–Kier alpha value is -3.63. The molecule has 0 unspecified atom stereocenters. The molecule has 0 aliphatic carbocycles. The van der Waals surface area contributed by atoms with E-state index in [2.05, 4.69) is 36.3 Å². The Morgan fingerprint density at radius 1 is 0.909 bits per heavy atom. The molecule has 5 heteroatoms. The number of hydrogen-bond donors (Lipinski definition) is 0. The van der Waals surface area contributed by atoms with E-state index in [1.54, 1.807) is 4.57 Å². The summed E-state index contributed by atoms with van der Waals surface area (Å²) < 4.78 is 7.42. The van der Waals surface area contributed by atoms with Gasteiger partial charge in [0.15, 0.2) is 5.76 Å². The molecule has 0 fully saturated rings. The van der Waals surface area contributed by atoms with Gasteiger partial charge in [-0.1, -0.05) is 78.3 Å². The smallest absolute Gasteiger partial charge is 0.263 e. The standard InChI is InChI=1S/C28H23ClN2O2/c1-3-19-9-11-21(12-10-19)26-23-16-22(29)13-14-24(23)31(17-20-7-5-4-6-8-20)28(32)27(26)25-15-18(2)30-33-25/h4-16H,3,17H2,1-2H3. The van der Waals surface area contributed by atoms with E-state index in [1.165, 1.54) is 5.56 Å². The average Bonchev–Trinajstić information content (AvgIpc) is 3.27. The molecular formula is C28H23ClN2O2. The summed E-state index contributed by atoms with van der Waals surface area (Å²) in [6.07, 6.45) is 0.944. The van der Waals surface area contributed by atoms with Crippen molar-refractivity contribution in [3.63, 3.8) is 0 Å². The fraction of sp³-hybridized carbons (Fsp3) is 0.143. The Morgan fingerprint density at radius 2 is 1.67 bits per heavy atom. The zero-order chi connectivity index (χ0) is 22.9. The van der Waals surface area contributed by atoms with Crippen molar-refractivity contribution in [2.45, 2.75) is 26.8 Å². The summed E-state index contributed by atoms with van der Waals surface area (Å²) in [5.74, 6) is 0.454. The number of aryl methyl sites for hydroxylation is 2. The van der Waals surface area contributed by atoms with E-state index in [0.29, 0.717) is 22.9 Å². The summed E-state index contributed by atoms with van der Waals surface area (Å²) in [7, 11) is 0. The second kappa shape index (κ2) is 8.72. The highest BCUT2D eigenvalue weighted by Crippen LogP contribution is 2.37. The van der Waals surface area contributed by atoms with Crippen molar-refractivity contribution in [3.05, 3.63) is 111 Å². The van der Waals surface area contributed by atoms with Crippen LogP contribution in [0.3, 0.4) is 0 Å². The normalized spacial score (nSPS) is 11.2. The van der Waals surface area contributed by atoms with Gasteiger partial charge in [-0.05, 0) is 48.2 Å². The maximum atomic E-state index is 14.0. The number of pyridine rings is 1. The number of hydrogen-bond acceptors (Lipinski definition) is 3. The van der Waals surface area contributed by atoms with Gasteiger partial charge in [0.05, 0.1) is 23.3 Å². The summed E-state index contributed by atoms with van der Waals surface area (Å²) in [5.41, 5.74) is 5.92. The largest absolute Gasteiger partial charge is 0.356 e. The second-order valence-corrected chi connectivity index (χ2v) is 8.61. The van der Waals surface area contributed by atoms with E-state index in [0.717, 1.165) is 39.7 Å². The Morgan fingerprint density at radius 3 is 2.33 bits per heavy atom. The molecular weight excluding hydrogens is 432 g/mol. The third-order valence-corrected chi connectivity index (χ3v) is 6.17. The van der Waals surface area contributed by atoms with Crippen LogP contribution in [0.4, 0.5) is 0 Å². The molecule has 0 saturated carbocycles. The Balaban J connectivity index is 1.88. The minimum absolute atomic E-state index is 0.126. The van der Waals surface area contributed by atoms with Gasteiger partial charge in [-0.15, -0.1) is 0 Å². The predicted molar refractivity (Wildman–Crippen MR) is 134 cm³/mol. The molecule has 5 rings (SSSR count). The summed E-state index contributed by atoms with van der Waals surface area (Å²) in [6.45, 7) is 4.41. The maximum Gasteiger partial charge on any atom is 0.263 e. The topological polar surface area (TPSA) is 48.0 Å². The number of aromatic nitrogens is 2. The minimum atomic E-state index is -0.126. The first-order chi connectivity index (χ1) is 16.0. The van der Waals surface area contributed by atoms with E-state index in [-0.39, 0.29) is 5.56 Å². The molecule has 0 radical (unpaired) electrons. The molecule has 0 aliphatic rings. The molecule has 33 heavy (non-hydrogen) atoms. The van der Waals surface area contributed by atoms with Gasteiger partial charge >= 0.3 is 0 Å². The van der Waals surface area contributed by atoms with Gasteiger partial charge in [-0.25, -0.2) is 0 Å². The summed E-state index contributed by atoms with van der Waals surface area (Å²) in [4.78, 5) is 14.0. The molecule has 4 nitrogen and oxygen atoms in total. The minimum Gasteiger partial charge on any atom is -0.356 e. The fourth-order valence-electron chi connectivity index (χ4n) is 4.27. The van der Waals surface area contributed by atoms with Gasteiger partial charge in [0, 0.05) is 22.0 Å². The molecule has 3 aromatic carbocycles. The molecule has 0 amide bonds. The Bertz CT molecular complexity index is 1500. The Labute approximate surface area is 197 Å². The maximum absolute atomic E-state index is 14.0. The zero-order valence-electron chi connectivity index (χ0n) is 18.5. The summed E-state index contributed by atoms with van der Waals surface area (Å²) in [5, 5.41) is 5.56. The third-order valence-electron chi connectivity index (χ3n) is 5.94. The van der Waals surface area contributed by atoms with Crippen LogP contribution in [0.2, 0.25) is 5.02 Å². The van der Waals surface area contributed by atoms with Crippen LogP contribution in [0.1, 0.15) is 23.7 Å². The lowest BCUT2D eigenvalue weighted by molar-refractivity contribution is 0.426. The van der Waals surface area contributed by atoms with Gasteiger partial charge in [-0.2, -0.15) is 0 Å². The number of nitrogens with zero attached hydrogens (tertiary/aromatic N) is 2. The SMILES string of the molecule is CCc1ccc(-c2c(-c3cc(C)no3)c(=O)n(Cc3ccccc3)c3ccc(Cl)cc23)cc1. The molecule has 5 aromatic rings. The first-order valence-corrected chi connectivity index (χ1v) is 11.4. The van der Waals surface area contributed by atoms with Crippen LogP contribution in [-0.4, -0.2) is 9.72 Å². The van der Waals surface area contributed by atoms with Crippen molar-refractivity contribution in [3.8, 4) is 22.5 Å². The van der Waals surface area contributed by atoms with E-state index in [9.17, 15) is 4.79 Å². The van der Waals surface area contributed by atoms with E-state index in [4.69, 9.17) is 16.1 Å². The average molecular weight is 455 g/mol. The highest BCUT2D eigenvalue weighted by atomic mass is 35.5. The van der Waals surface area contributed by atoms with Crippen LogP contribution >= 0.6 is 11.6 Å². The molecule has 0 N–H and O–H groups in total. The van der Waals surface area contributed by atoms with Crippen molar-refractivity contribution in [1.82, 2.24) is 9.72 Å². The van der Waals surface area contributed by atoms with Gasteiger partial charge < -0.3 is 9.09 Å². The van der Waals surface area contributed by atoms with Gasteiger partial charge in [0.1, 0.15) is 0 Å². The monoisotopic (exact) mass is 454 g/mol. The van der Waals surface area contributed by atoms with E-state index in [1.807, 2.05) is 61.5 Å². The fourth-order valence-corrected chi connectivity index (χ4v) is 4.44. The van der Waals surface area contributed by atoms with Crippen molar-refractivity contribution >= 4 is 22.5 Å². The van der Waals surface area contributed by atoms with E-state index < -0.39 is 0 Å². The first kappa shape index (κ1) is 21.2. The highest BCUT2D eigenvalue weighted by molar-refractivity contribution is 6.31. The number of benzene rings is 3. The van der Waals surface area contributed by atoms with Crippen LogP contribution in [0, 0.1) is 6.92 Å². The molecule has 0 bridgehead atoms.